The van der Waals surface area contributed by atoms with Gasteiger partial charge in [0.15, 0.2) is 0 Å². The third-order valence-corrected chi connectivity index (χ3v) is 1.82. The molecule has 1 atom stereocenters. The lowest BCUT2D eigenvalue weighted by Crippen LogP contribution is -2.05. The van der Waals surface area contributed by atoms with Crippen LogP contribution in [-0.4, -0.2) is 35.6 Å². The predicted octanol–water partition coefficient (Wildman–Crippen LogP) is 1.10. The van der Waals surface area contributed by atoms with E-state index in [-0.39, 0.29) is 18.8 Å². The van der Waals surface area contributed by atoms with Crippen LogP contribution in [0.15, 0.2) is 12.2 Å². The van der Waals surface area contributed by atoms with E-state index >= 15 is 0 Å². The van der Waals surface area contributed by atoms with Crippen LogP contribution in [0.3, 0.4) is 0 Å². The lowest BCUT2D eigenvalue weighted by atomic mass is 10.1. The molecule has 0 bridgehead atoms. The average Bonchev–Trinajstić information content (AvgIpc) is 2.69. The van der Waals surface area contributed by atoms with Crippen molar-refractivity contribution >= 4 is 0 Å². The Hall–Kier alpha value is -0.380. The summed E-state index contributed by atoms with van der Waals surface area (Å²) >= 11 is 0. The van der Waals surface area contributed by atoms with Gasteiger partial charge in [-0.25, -0.2) is 0 Å². The summed E-state index contributed by atoms with van der Waals surface area (Å²) in [7, 11) is 0. The minimum Gasteiger partial charge on any atom is -0.396 e. The molecule has 0 aromatic carbocycles. The summed E-state index contributed by atoms with van der Waals surface area (Å²) < 4.78 is 4.98. The fraction of sp³-hybridized carbons (Fsp3) is 0.800. The molecule has 1 aliphatic rings. The molecule has 1 unspecified atom stereocenters. The molecular formula is C10H20O3. The number of aliphatic hydroxyl groups is 2. The van der Waals surface area contributed by atoms with Crippen LogP contribution < -0.4 is 0 Å². The van der Waals surface area contributed by atoms with Crippen molar-refractivity contribution in [3.8, 4) is 0 Å². The third kappa shape index (κ3) is 7.96. The molecular weight excluding hydrogens is 168 g/mol. The molecule has 1 saturated heterocycles. The SMILES string of the molecule is C=C(C)CCO.CC1(CCO)CO1. The minimum absolute atomic E-state index is 0.0503. The number of hydrogen-bond acceptors (Lipinski definition) is 3. The van der Waals surface area contributed by atoms with Gasteiger partial charge in [-0.15, -0.1) is 6.58 Å². The van der Waals surface area contributed by atoms with E-state index < -0.39 is 0 Å². The number of rotatable bonds is 4. The number of aliphatic hydroxyl groups excluding tert-OH is 2. The van der Waals surface area contributed by atoms with E-state index in [9.17, 15) is 0 Å². The van der Waals surface area contributed by atoms with Gasteiger partial charge < -0.3 is 14.9 Å². The first-order chi connectivity index (χ1) is 6.04. The monoisotopic (exact) mass is 188 g/mol. The molecule has 0 aromatic rings. The van der Waals surface area contributed by atoms with Crippen molar-refractivity contribution in [2.45, 2.75) is 32.3 Å². The Morgan fingerprint density at radius 1 is 1.46 bits per heavy atom. The second-order valence-corrected chi connectivity index (χ2v) is 3.64. The number of ether oxygens (including phenoxy) is 1. The summed E-state index contributed by atoms with van der Waals surface area (Å²) in [5, 5.41) is 16.5. The molecule has 1 fully saturated rings. The van der Waals surface area contributed by atoms with Crippen LogP contribution in [0.25, 0.3) is 0 Å². The fourth-order valence-electron chi connectivity index (χ4n) is 0.695. The molecule has 3 heteroatoms. The Labute approximate surface area is 80.0 Å². The second-order valence-electron chi connectivity index (χ2n) is 3.64. The van der Waals surface area contributed by atoms with Crippen molar-refractivity contribution < 1.29 is 14.9 Å². The zero-order chi connectivity index (χ0) is 10.3. The summed E-state index contributed by atoms with van der Waals surface area (Å²) in [6.45, 7) is 8.79. The first-order valence-corrected chi connectivity index (χ1v) is 4.54. The second kappa shape index (κ2) is 6.13. The summed E-state index contributed by atoms with van der Waals surface area (Å²) in [5.41, 5.74) is 1.09. The molecule has 2 N–H and O–H groups in total. The summed E-state index contributed by atoms with van der Waals surface area (Å²) in [5.74, 6) is 0. The van der Waals surface area contributed by atoms with Gasteiger partial charge in [0.1, 0.15) is 0 Å². The molecule has 13 heavy (non-hydrogen) atoms. The van der Waals surface area contributed by atoms with Crippen molar-refractivity contribution in [1.29, 1.82) is 0 Å². The van der Waals surface area contributed by atoms with E-state index in [0.29, 0.717) is 0 Å². The topological polar surface area (TPSA) is 53.0 Å². The molecule has 1 heterocycles. The van der Waals surface area contributed by atoms with Gasteiger partial charge in [-0.2, -0.15) is 0 Å². The van der Waals surface area contributed by atoms with Gasteiger partial charge in [-0.05, 0) is 20.3 Å². The van der Waals surface area contributed by atoms with Gasteiger partial charge in [-0.3, -0.25) is 0 Å². The Morgan fingerprint density at radius 2 is 2.00 bits per heavy atom. The highest BCUT2D eigenvalue weighted by Crippen LogP contribution is 2.28. The zero-order valence-corrected chi connectivity index (χ0v) is 8.55. The van der Waals surface area contributed by atoms with Crippen LogP contribution in [0.2, 0.25) is 0 Å². The molecule has 0 radical (unpaired) electrons. The van der Waals surface area contributed by atoms with Gasteiger partial charge in [0.05, 0.1) is 12.2 Å². The largest absolute Gasteiger partial charge is 0.396 e. The van der Waals surface area contributed by atoms with Gasteiger partial charge in [0.2, 0.25) is 0 Å². The van der Waals surface area contributed by atoms with Crippen LogP contribution in [0, 0.1) is 0 Å². The molecule has 1 aliphatic heterocycles. The highest BCUT2D eigenvalue weighted by atomic mass is 16.6. The van der Waals surface area contributed by atoms with Crippen LogP contribution in [0.5, 0.6) is 0 Å². The van der Waals surface area contributed by atoms with Crippen molar-refractivity contribution in [2.24, 2.45) is 0 Å². The summed E-state index contributed by atoms with van der Waals surface area (Å²) in [6.07, 6.45) is 1.52. The number of hydrogen-bond donors (Lipinski definition) is 2. The Kier molecular flexibility index (Phi) is 5.95. The molecule has 3 nitrogen and oxygen atoms in total. The van der Waals surface area contributed by atoms with Crippen molar-refractivity contribution in [2.75, 3.05) is 19.8 Å². The van der Waals surface area contributed by atoms with Crippen LogP contribution >= 0.6 is 0 Å². The molecule has 1 rings (SSSR count). The fourth-order valence-corrected chi connectivity index (χ4v) is 0.695. The standard InChI is InChI=1S/C5H10O2.C5H10O/c1-5(2-3-6)4-7-5;1-5(2)3-4-6/h6H,2-4H2,1H3;6H,1,3-4H2,2H3. The van der Waals surface area contributed by atoms with Gasteiger partial charge in [-0.1, -0.05) is 5.57 Å². The van der Waals surface area contributed by atoms with Crippen molar-refractivity contribution in [3.05, 3.63) is 12.2 Å². The lowest BCUT2D eigenvalue weighted by Gasteiger charge is -1.96. The first kappa shape index (κ1) is 12.6. The van der Waals surface area contributed by atoms with E-state index in [1.165, 1.54) is 0 Å². The lowest BCUT2D eigenvalue weighted by molar-refractivity contribution is 0.224. The van der Waals surface area contributed by atoms with Crippen LogP contribution in [0.1, 0.15) is 26.7 Å². The van der Waals surface area contributed by atoms with E-state index in [2.05, 4.69) is 6.58 Å². The maximum absolute atomic E-state index is 8.36. The highest BCUT2D eigenvalue weighted by molar-refractivity contribution is 4.86. The highest BCUT2D eigenvalue weighted by Gasteiger charge is 2.37. The minimum atomic E-state index is 0.0503. The van der Waals surface area contributed by atoms with Gasteiger partial charge in [0, 0.05) is 19.6 Å². The zero-order valence-electron chi connectivity index (χ0n) is 8.55. The van der Waals surface area contributed by atoms with E-state index in [4.69, 9.17) is 14.9 Å². The Morgan fingerprint density at radius 3 is 2.08 bits per heavy atom. The molecule has 0 amide bonds. The van der Waals surface area contributed by atoms with E-state index in [1.807, 2.05) is 13.8 Å². The van der Waals surface area contributed by atoms with Gasteiger partial charge >= 0.3 is 0 Å². The first-order valence-electron chi connectivity index (χ1n) is 4.54. The van der Waals surface area contributed by atoms with Crippen molar-refractivity contribution in [1.82, 2.24) is 0 Å². The third-order valence-electron chi connectivity index (χ3n) is 1.82. The predicted molar refractivity (Wildman–Crippen MR) is 52.6 cm³/mol. The van der Waals surface area contributed by atoms with E-state index in [1.54, 1.807) is 0 Å². The van der Waals surface area contributed by atoms with Crippen molar-refractivity contribution in [3.63, 3.8) is 0 Å². The maximum atomic E-state index is 8.36. The molecule has 0 spiro atoms. The van der Waals surface area contributed by atoms with E-state index in [0.717, 1.165) is 25.0 Å². The summed E-state index contributed by atoms with van der Waals surface area (Å²) in [4.78, 5) is 0. The van der Waals surface area contributed by atoms with Crippen LogP contribution in [-0.2, 0) is 4.74 Å². The number of epoxide rings is 1. The van der Waals surface area contributed by atoms with Crippen LogP contribution in [0.4, 0.5) is 0 Å². The van der Waals surface area contributed by atoms with Gasteiger partial charge in [0.25, 0.3) is 0 Å². The average molecular weight is 188 g/mol. The molecule has 0 saturated carbocycles. The summed E-state index contributed by atoms with van der Waals surface area (Å²) in [6, 6.07) is 0. The molecule has 0 aromatic heterocycles. The Bertz CT molecular complexity index is 150. The smallest absolute Gasteiger partial charge is 0.0910 e. The quantitative estimate of drug-likeness (QED) is 0.513. The molecule has 78 valence electrons. The maximum Gasteiger partial charge on any atom is 0.0910 e. The Balaban J connectivity index is 0.000000226. The normalized spacial score (nSPS) is 24.6. The molecule has 0 aliphatic carbocycles.